The highest BCUT2D eigenvalue weighted by Gasteiger charge is 2.46. The van der Waals surface area contributed by atoms with Crippen LogP contribution in [0.1, 0.15) is 22.7 Å². The van der Waals surface area contributed by atoms with E-state index in [1.54, 1.807) is 67.3 Å². The van der Waals surface area contributed by atoms with E-state index in [-0.39, 0.29) is 17.9 Å². The number of aliphatic hydroxyl groups excluding tert-OH is 1. The highest BCUT2D eigenvalue weighted by molar-refractivity contribution is 6.46. The normalized spacial score (nSPS) is 18.2. The van der Waals surface area contributed by atoms with Gasteiger partial charge in [0.25, 0.3) is 11.7 Å². The molecule has 0 radical (unpaired) electrons. The first-order valence-corrected chi connectivity index (χ1v) is 9.27. The van der Waals surface area contributed by atoms with Crippen molar-refractivity contribution in [1.82, 2.24) is 14.9 Å². The Labute approximate surface area is 172 Å². The van der Waals surface area contributed by atoms with Gasteiger partial charge in [-0.25, -0.2) is 0 Å². The molecule has 1 saturated heterocycles. The van der Waals surface area contributed by atoms with Crippen molar-refractivity contribution in [3.05, 3.63) is 101 Å². The summed E-state index contributed by atoms with van der Waals surface area (Å²) in [6.45, 7) is 0.176. The fourth-order valence-electron chi connectivity index (χ4n) is 3.38. The summed E-state index contributed by atoms with van der Waals surface area (Å²) in [6, 6.07) is 12.8. The molecule has 1 aromatic carbocycles. The molecule has 7 heteroatoms. The monoisotopic (exact) mass is 405 g/mol. The van der Waals surface area contributed by atoms with Gasteiger partial charge in [0.15, 0.2) is 0 Å². The van der Waals surface area contributed by atoms with E-state index >= 15 is 0 Å². The van der Waals surface area contributed by atoms with Crippen molar-refractivity contribution in [3.63, 3.8) is 0 Å². The van der Waals surface area contributed by atoms with Gasteiger partial charge in [0, 0.05) is 41.9 Å². The van der Waals surface area contributed by atoms with E-state index in [2.05, 4.69) is 9.97 Å². The zero-order valence-corrected chi connectivity index (χ0v) is 16.0. The van der Waals surface area contributed by atoms with Crippen molar-refractivity contribution in [1.29, 1.82) is 0 Å². The van der Waals surface area contributed by atoms with Gasteiger partial charge in [0.2, 0.25) is 0 Å². The molecule has 0 spiro atoms. The number of benzene rings is 1. The highest BCUT2D eigenvalue weighted by Crippen LogP contribution is 2.40. The third kappa shape index (κ3) is 3.62. The Morgan fingerprint density at radius 3 is 2.31 bits per heavy atom. The molecular formula is C22H16ClN3O3. The molecule has 1 amide bonds. The minimum Gasteiger partial charge on any atom is -0.507 e. The summed E-state index contributed by atoms with van der Waals surface area (Å²) >= 11 is 5.92. The fraction of sp³-hybridized carbons (Fsp3) is 0.0909. The van der Waals surface area contributed by atoms with Gasteiger partial charge in [-0.1, -0.05) is 23.7 Å². The molecular weight excluding hydrogens is 390 g/mol. The molecule has 6 nitrogen and oxygen atoms in total. The summed E-state index contributed by atoms with van der Waals surface area (Å²) in [6.07, 6.45) is 6.47. The van der Waals surface area contributed by atoms with E-state index in [1.165, 1.54) is 4.90 Å². The lowest BCUT2D eigenvalue weighted by molar-refractivity contribution is -0.140. The number of carbonyl (C=O) groups excluding carboxylic acids is 2. The quantitative estimate of drug-likeness (QED) is 0.406. The molecule has 2 aromatic heterocycles. The SMILES string of the molecule is O=C1C(=O)N(Cc2cccnc2)[C@@H](c2cccnc2)/C1=C(\O)c1ccc(Cl)cc1. The summed E-state index contributed by atoms with van der Waals surface area (Å²) in [5.41, 5.74) is 1.83. The number of aromatic nitrogens is 2. The zero-order chi connectivity index (χ0) is 20.4. The summed E-state index contributed by atoms with van der Waals surface area (Å²) in [4.78, 5) is 35.4. The number of likely N-dealkylation sites (tertiary alicyclic amines) is 1. The van der Waals surface area contributed by atoms with Crippen molar-refractivity contribution in [2.45, 2.75) is 12.6 Å². The van der Waals surface area contributed by atoms with E-state index in [4.69, 9.17) is 11.6 Å². The predicted molar refractivity (Wildman–Crippen MR) is 108 cm³/mol. The maximum absolute atomic E-state index is 12.9. The van der Waals surface area contributed by atoms with Crippen molar-refractivity contribution >= 4 is 29.1 Å². The molecule has 1 atom stereocenters. The summed E-state index contributed by atoms with van der Waals surface area (Å²) < 4.78 is 0. The van der Waals surface area contributed by atoms with Gasteiger partial charge in [-0.3, -0.25) is 19.6 Å². The lowest BCUT2D eigenvalue weighted by atomic mass is 9.96. The molecule has 3 heterocycles. The largest absolute Gasteiger partial charge is 0.507 e. The van der Waals surface area contributed by atoms with Crippen LogP contribution in [0.2, 0.25) is 5.02 Å². The van der Waals surface area contributed by atoms with Crippen LogP contribution in [0.3, 0.4) is 0 Å². The molecule has 3 aromatic rings. The molecule has 1 N–H and O–H groups in total. The van der Waals surface area contributed by atoms with E-state index in [0.29, 0.717) is 16.1 Å². The number of hydrogen-bond donors (Lipinski definition) is 1. The maximum Gasteiger partial charge on any atom is 0.295 e. The molecule has 0 saturated carbocycles. The van der Waals surface area contributed by atoms with Crippen molar-refractivity contribution in [2.24, 2.45) is 0 Å². The molecule has 4 rings (SSSR count). The molecule has 144 valence electrons. The van der Waals surface area contributed by atoms with E-state index in [0.717, 1.165) is 5.56 Å². The molecule has 0 aliphatic carbocycles. The van der Waals surface area contributed by atoms with Crippen LogP contribution in [-0.4, -0.2) is 31.7 Å². The van der Waals surface area contributed by atoms with Crippen LogP contribution in [0.15, 0.2) is 78.9 Å². The number of amides is 1. The Balaban J connectivity index is 1.85. The Bertz CT molecular complexity index is 1080. The summed E-state index contributed by atoms with van der Waals surface area (Å²) in [5, 5.41) is 11.4. The minimum absolute atomic E-state index is 0.0224. The first kappa shape index (κ1) is 18.8. The number of Topliss-reactive ketones (excluding diaryl/α,β-unsaturated/α-hetero) is 1. The van der Waals surface area contributed by atoms with Crippen LogP contribution in [0.25, 0.3) is 5.76 Å². The minimum atomic E-state index is -0.764. The van der Waals surface area contributed by atoms with Crippen LogP contribution in [0.5, 0.6) is 0 Å². The van der Waals surface area contributed by atoms with Crippen molar-refractivity contribution < 1.29 is 14.7 Å². The van der Waals surface area contributed by atoms with Gasteiger partial charge < -0.3 is 10.0 Å². The van der Waals surface area contributed by atoms with Gasteiger partial charge in [-0.15, -0.1) is 0 Å². The highest BCUT2D eigenvalue weighted by atomic mass is 35.5. The number of rotatable bonds is 4. The Kier molecular flexibility index (Phi) is 5.10. The van der Waals surface area contributed by atoms with Gasteiger partial charge in [-0.05, 0) is 47.5 Å². The average Bonchev–Trinajstić information content (AvgIpc) is 3.00. The predicted octanol–water partition coefficient (Wildman–Crippen LogP) is 3.75. The number of hydrogen-bond acceptors (Lipinski definition) is 5. The number of halogens is 1. The zero-order valence-electron chi connectivity index (χ0n) is 15.2. The topological polar surface area (TPSA) is 83.4 Å². The Hall–Kier alpha value is -3.51. The first-order valence-electron chi connectivity index (χ1n) is 8.89. The maximum atomic E-state index is 12.9. The third-order valence-corrected chi connectivity index (χ3v) is 4.99. The van der Waals surface area contributed by atoms with Crippen LogP contribution >= 0.6 is 11.6 Å². The van der Waals surface area contributed by atoms with E-state index in [1.807, 2.05) is 6.07 Å². The van der Waals surface area contributed by atoms with Gasteiger partial charge in [0.1, 0.15) is 5.76 Å². The second-order valence-corrected chi connectivity index (χ2v) is 7.02. The fourth-order valence-corrected chi connectivity index (χ4v) is 3.50. The molecule has 0 unspecified atom stereocenters. The van der Waals surface area contributed by atoms with E-state index in [9.17, 15) is 14.7 Å². The molecule has 1 aliphatic rings. The molecule has 1 fully saturated rings. The second-order valence-electron chi connectivity index (χ2n) is 6.58. The lowest BCUT2D eigenvalue weighted by Crippen LogP contribution is -2.29. The van der Waals surface area contributed by atoms with Crippen molar-refractivity contribution in [3.8, 4) is 0 Å². The number of carbonyl (C=O) groups is 2. The Morgan fingerprint density at radius 1 is 1.00 bits per heavy atom. The summed E-state index contributed by atoms with van der Waals surface area (Å²) in [7, 11) is 0. The second kappa shape index (κ2) is 7.85. The number of pyridine rings is 2. The van der Waals surface area contributed by atoms with Crippen LogP contribution in [0.4, 0.5) is 0 Å². The molecule has 1 aliphatic heterocycles. The van der Waals surface area contributed by atoms with Gasteiger partial charge >= 0.3 is 0 Å². The average molecular weight is 406 g/mol. The van der Waals surface area contributed by atoms with Crippen LogP contribution in [-0.2, 0) is 16.1 Å². The number of nitrogens with zero attached hydrogens (tertiary/aromatic N) is 3. The van der Waals surface area contributed by atoms with Gasteiger partial charge in [0.05, 0.1) is 11.6 Å². The van der Waals surface area contributed by atoms with E-state index < -0.39 is 17.7 Å². The van der Waals surface area contributed by atoms with Crippen LogP contribution in [0, 0.1) is 0 Å². The number of ketones is 1. The molecule has 0 bridgehead atoms. The van der Waals surface area contributed by atoms with Gasteiger partial charge in [-0.2, -0.15) is 0 Å². The first-order chi connectivity index (χ1) is 14.1. The number of aliphatic hydroxyl groups is 1. The lowest BCUT2D eigenvalue weighted by Gasteiger charge is -2.25. The smallest absolute Gasteiger partial charge is 0.295 e. The summed E-state index contributed by atoms with van der Waals surface area (Å²) in [5.74, 6) is -1.67. The molecule has 29 heavy (non-hydrogen) atoms. The van der Waals surface area contributed by atoms with Crippen molar-refractivity contribution in [2.75, 3.05) is 0 Å². The van der Waals surface area contributed by atoms with Crippen LogP contribution < -0.4 is 0 Å². The third-order valence-electron chi connectivity index (χ3n) is 4.73. The Morgan fingerprint density at radius 2 is 1.69 bits per heavy atom. The standard InChI is InChI=1S/C22H16ClN3O3/c23-17-7-5-15(6-8-17)20(27)18-19(16-4-2-10-25-12-16)26(22(29)21(18)28)13-14-3-1-9-24-11-14/h1-12,19,27H,13H2/b20-18+/t19-/m0/s1.